The maximum absolute atomic E-state index is 11.7. The Kier molecular flexibility index (Phi) is 5.24. The molecule has 100 valence electrons. The van der Waals surface area contributed by atoms with Crippen molar-refractivity contribution in [3.05, 3.63) is 24.3 Å². The molecule has 2 N–H and O–H groups in total. The molecule has 0 bridgehead atoms. The summed E-state index contributed by atoms with van der Waals surface area (Å²) in [5.41, 5.74) is 0. The highest BCUT2D eigenvalue weighted by Gasteiger charge is 2.21. The van der Waals surface area contributed by atoms with Crippen LogP contribution in [-0.4, -0.2) is 32.1 Å². The summed E-state index contributed by atoms with van der Waals surface area (Å²) in [6, 6.07) is 5.78. The summed E-state index contributed by atoms with van der Waals surface area (Å²) in [4.78, 5) is 10.2. The molecule has 0 unspecified atom stereocenters. The molecule has 0 aliphatic rings. The highest BCUT2D eigenvalue weighted by atomic mass is 35.5. The lowest BCUT2D eigenvalue weighted by atomic mass is 10.3. The predicted octanol–water partition coefficient (Wildman–Crippen LogP) is 1.65. The van der Waals surface area contributed by atoms with Gasteiger partial charge in [-0.3, -0.25) is 0 Å². The van der Waals surface area contributed by atoms with Crippen LogP contribution in [0, 0.1) is 0 Å². The number of hydrogen-bond acceptors (Lipinski definition) is 4. The van der Waals surface area contributed by atoms with Gasteiger partial charge < -0.3 is 9.84 Å². The van der Waals surface area contributed by atoms with E-state index in [-0.39, 0.29) is 17.3 Å². The van der Waals surface area contributed by atoms with Crippen molar-refractivity contribution in [1.29, 1.82) is 0 Å². The number of benzene rings is 1. The molecule has 0 aromatic heterocycles. The molecule has 0 radical (unpaired) electrons. The Morgan fingerprint density at radius 2 is 2.06 bits per heavy atom. The largest absolute Gasteiger partial charge is 0.492 e. The van der Waals surface area contributed by atoms with Crippen molar-refractivity contribution >= 4 is 27.7 Å². The van der Waals surface area contributed by atoms with Crippen molar-refractivity contribution in [1.82, 2.24) is 4.72 Å². The number of carboxylic acid groups (broad SMARTS) is 1. The molecule has 0 saturated heterocycles. The second-order valence-corrected chi connectivity index (χ2v) is 5.28. The number of carbonyl (C=O) groups is 1. The van der Waals surface area contributed by atoms with Gasteiger partial charge in [0.15, 0.2) is 0 Å². The fourth-order valence-electron chi connectivity index (χ4n) is 1.20. The molecule has 6 nitrogen and oxygen atoms in total. The molecule has 0 atom stereocenters. The Morgan fingerprint density at radius 3 is 2.67 bits per heavy atom. The quantitative estimate of drug-likeness (QED) is 0.614. The van der Waals surface area contributed by atoms with Crippen LogP contribution in [0.25, 0.3) is 0 Å². The molecular formula is C10H12ClNO5S. The first-order chi connectivity index (χ1) is 8.47. The Bertz CT molecular complexity index is 517. The number of nitrogens with one attached hydrogen (secondary N) is 1. The van der Waals surface area contributed by atoms with Gasteiger partial charge >= 0.3 is 6.09 Å². The van der Waals surface area contributed by atoms with Gasteiger partial charge in [-0.1, -0.05) is 12.1 Å². The van der Waals surface area contributed by atoms with Crippen molar-refractivity contribution < 1.29 is 23.1 Å². The summed E-state index contributed by atoms with van der Waals surface area (Å²) in [5, 5.41) is 8.47. The molecule has 8 heteroatoms. The second kappa shape index (κ2) is 6.46. The zero-order valence-electron chi connectivity index (χ0n) is 9.30. The van der Waals surface area contributed by atoms with E-state index in [1.165, 1.54) is 22.9 Å². The van der Waals surface area contributed by atoms with Gasteiger partial charge in [0.1, 0.15) is 10.6 Å². The Hall–Kier alpha value is -1.47. The SMILES string of the molecule is O=C(O)NS(=O)(=O)c1ccccc1OCCCCl. The molecule has 0 spiro atoms. The lowest BCUT2D eigenvalue weighted by Crippen LogP contribution is -2.29. The van der Waals surface area contributed by atoms with Gasteiger partial charge in [0.05, 0.1) is 6.61 Å². The van der Waals surface area contributed by atoms with Crippen LogP contribution in [0.5, 0.6) is 5.75 Å². The molecule has 0 aliphatic carbocycles. The first-order valence-corrected chi connectivity index (χ1v) is 7.02. The van der Waals surface area contributed by atoms with Gasteiger partial charge in [0.25, 0.3) is 10.0 Å². The fraction of sp³-hybridized carbons (Fsp3) is 0.300. The van der Waals surface area contributed by atoms with E-state index < -0.39 is 16.1 Å². The first-order valence-electron chi connectivity index (χ1n) is 5.01. The summed E-state index contributed by atoms with van der Waals surface area (Å²) in [5.74, 6) is 0.485. The van der Waals surface area contributed by atoms with Crippen molar-refractivity contribution in [2.75, 3.05) is 12.5 Å². The van der Waals surface area contributed by atoms with Crippen LogP contribution < -0.4 is 9.46 Å². The van der Waals surface area contributed by atoms with Gasteiger partial charge in [0.2, 0.25) is 0 Å². The average Bonchev–Trinajstić information content (AvgIpc) is 2.28. The minimum atomic E-state index is -4.13. The lowest BCUT2D eigenvalue weighted by Gasteiger charge is -2.10. The first kappa shape index (κ1) is 14.6. The van der Waals surface area contributed by atoms with E-state index in [1.807, 2.05) is 0 Å². The van der Waals surface area contributed by atoms with Crippen LogP contribution in [0.4, 0.5) is 4.79 Å². The minimum Gasteiger partial charge on any atom is -0.492 e. The molecule has 0 aliphatic heterocycles. The summed E-state index contributed by atoms with van der Waals surface area (Å²) in [6.45, 7) is 0.253. The number of ether oxygens (including phenoxy) is 1. The molecule has 0 saturated carbocycles. The molecule has 18 heavy (non-hydrogen) atoms. The number of halogens is 1. The Morgan fingerprint density at radius 1 is 1.39 bits per heavy atom. The molecule has 1 amide bonds. The molecular weight excluding hydrogens is 282 g/mol. The summed E-state index contributed by atoms with van der Waals surface area (Å²) < 4.78 is 30.1. The molecule has 0 heterocycles. The number of alkyl halides is 1. The molecule has 1 aromatic carbocycles. The third-order valence-corrected chi connectivity index (χ3v) is 3.52. The van der Waals surface area contributed by atoms with Gasteiger partial charge in [-0.05, 0) is 18.6 Å². The van der Waals surface area contributed by atoms with Gasteiger partial charge in [-0.2, -0.15) is 0 Å². The van der Waals surface area contributed by atoms with Crippen LogP contribution in [0.15, 0.2) is 29.2 Å². The van der Waals surface area contributed by atoms with Gasteiger partial charge in [-0.15, -0.1) is 11.6 Å². The summed E-state index contributed by atoms with van der Waals surface area (Å²) in [7, 11) is -4.13. The average molecular weight is 294 g/mol. The van der Waals surface area contributed by atoms with E-state index in [9.17, 15) is 13.2 Å². The van der Waals surface area contributed by atoms with E-state index in [0.29, 0.717) is 12.3 Å². The van der Waals surface area contributed by atoms with Crippen LogP contribution >= 0.6 is 11.6 Å². The third kappa shape index (κ3) is 4.08. The standard InChI is InChI=1S/C10H12ClNO5S/c11-6-3-7-17-8-4-1-2-5-9(8)18(15,16)12-10(13)14/h1-2,4-5,12H,3,6-7H2,(H,13,14). The van der Waals surface area contributed by atoms with Crippen molar-refractivity contribution in [2.45, 2.75) is 11.3 Å². The number of rotatable bonds is 6. The Balaban J connectivity index is 2.97. The molecule has 0 fully saturated rings. The smallest absolute Gasteiger partial charge is 0.418 e. The lowest BCUT2D eigenvalue weighted by molar-refractivity contribution is 0.201. The van der Waals surface area contributed by atoms with E-state index in [1.54, 1.807) is 6.07 Å². The van der Waals surface area contributed by atoms with Gasteiger partial charge in [0, 0.05) is 5.88 Å². The van der Waals surface area contributed by atoms with Crippen LogP contribution in [0.3, 0.4) is 0 Å². The highest BCUT2D eigenvalue weighted by Crippen LogP contribution is 2.23. The number of sulfonamides is 1. The van der Waals surface area contributed by atoms with Crippen LogP contribution in [-0.2, 0) is 10.0 Å². The van der Waals surface area contributed by atoms with Gasteiger partial charge in [-0.25, -0.2) is 17.9 Å². The van der Waals surface area contributed by atoms with Crippen LogP contribution in [0.2, 0.25) is 0 Å². The van der Waals surface area contributed by atoms with Crippen molar-refractivity contribution in [2.24, 2.45) is 0 Å². The van der Waals surface area contributed by atoms with Crippen LogP contribution in [0.1, 0.15) is 6.42 Å². The van der Waals surface area contributed by atoms with E-state index >= 15 is 0 Å². The minimum absolute atomic E-state index is 0.0939. The topological polar surface area (TPSA) is 92.7 Å². The van der Waals surface area contributed by atoms with Crippen molar-refractivity contribution in [3.8, 4) is 5.75 Å². The Labute approximate surface area is 110 Å². The van der Waals surface area contributed by atoms with E-state index in [4.69, 9.17) is 21.4 Å². The zero-order chi connectivity index (χ0) is 13.6. The predicted molar refractivity (Wildman–Crippen MR) is 65.6 cm³/mol. The van der Waals surface area contributed by atoms with Crippen molar-refractivity contribution in [3.63, 3.8) is 0 Å². The fourth-order valence-corrected chi connectivity index (χ4v) is 2.30. The molecule has 1 rings (SSSR count). The highest BCUT2D eigenvalue weighted by molar-refractivity contribution is 7.90. The maximum atomic E-state index is 11.7. The van der Waals surface area contributed by atoms with E-state index in [2.05, 4.69) is 0 Å². The number of para-hydroxylation sites is 1. The third-order valence-electron chi connectivity index (χ3n) is 1.90. The zero-order valence-corrected chi connectivity index (χ0v) is 10.9. The molecule has 1 aromatic rings. The van der Waals surface area contributed by atoms with E-state index in [0.717, 1.165) is 0 Å². The monoisotopic (exact) mass is 293 g/mol. The normalized spacial score (nSPS) is 10.9. The second-order valence-electron chi connectivity index (χ2n) is 3.25. The number of amides is 1. The summed E-state index contributed by atoms with van der Waals surface area (Å²) in [6.07, 6.45) is -1.09. The number of hydrogen-bond donors (Lipinski definition) is 2. The maximum Gasteiger partial charge on any atom is 0.418 e. The summed E-state index contributed by atoms with van der Waals surface area (Å²) >= 11 is 5.48.